The monoisotopic (exact) mass is 1740 g/mol. The molecule has 8 bridgehead atoms. The van der Waals surface area contributed by atoms with Crippen LogP contribution in [-0.2, 0) is 144 Å². The molecule has 4 aliphatic carbocycles. The fourth-order valence-electron chi connectivity index (χ4n) is 24.8. The summed E-state index contributed by atoms with van der Waals surface area (Å²) in [7, 11) is 0. The summed E-state index contributed by atoms with van der Waals surface area (Å²) in [4.78, 5) is 188. The molecule has 688 valence electrons. The first-order valence-corrected chi connectivity index (χ1v) is 46.4. The number of carbonyl (C=O) groups is 10. The van der Waals surface area contributed by atoms with Crippen LogP contribution >= 0.6 is 0 Å². The van der Waals surface area contributed by atoms with E-state index in [9.17, 15) is 47.9 Å². The Kier molecular flexibility index (Phi) is 26.6. The summed E-state index contributed by atoms with van der Waals surface area (Å²) in [6.45, 7) is 24.0. The third kappa shape index (κ3) is 17.6. The fraction of sp³-hybridized carbons (Fsp3) is 0.888. The average molecular weight is 1740 g/mol. The van der Waals surface area contributed by atoms with Gasteiger partial charge in [0.1, 0.15) is 0 Å². The first-order valence-electron chi connectivity index (χ1n) is 46.4. The molecule has 34 atom stereocenters. The summed E-state index contributed by atoms with van der Waals surface area (Å²) in [5, 5.41) is 11.2. The minimum absolute atomic E-state index is 0.0296. The minimum Gasteiger partial charge on any atom is -0.435 e. The zero-order valence-electron chi connectivity index (χ0n) is 73.6. The Labute approximate surface area is 719 Å². The number of unbranched alkanes of at least 4 members (excludes halogenated alkanes) is 2. The van der Waals surface area contributed by atoms with Crippen LogP contribution in [0.2, 0.25) is 0 Å². The van der Waals surface area contributed by atoms with Crippen molar-refractivity contribution in [1.29, 1.82) is 0 Å². The van der Waals surface area contributed by atoms with Gasteiger partial charge in [0.25, 0.3) is 0 Å². The minimum atomic E-state index is -1.31. The van der Waals surface area contributed by atoms with Crippen molar-refractivity contribution in [3.63, 3.8) is 0 Å². The molecule has 16 aliphatic heterocycles. The van der Waals surface area contributed by atoms with Gasteiger partial charge in [-0.25, -0.2) is 39.1 Å². The number of rotatable bonds is 32. The number of carbonyl (C=O) groups excluding carboxylic acids is 10. The highest BCUT2D eigenvalue weighted by atomic mass is 17.3. The maximum Gasteiger partial charge on any atom is 0.308 e. The average Bonchev–Trinajstić information content (AvgIpc) is 1.69. The number of amides is 4. The molecule has 20 rings (SSSR count). The van der Waals surface area contributed by atoms with Crippen molar-refractivity contribution >= 4 is 59.1 Å². The Hall–Kier alpha value is -5.54. The lowest BCUT2D eigenvalue weighted by Crippen LogP contribution is -2.70. The Morgan fingerprint density at radius 1 is 0.309 bits per heavy atom. The van der Waals surface area contributed by atoms with Crippen LogP contribution in [-0.4, -0.2) is 180 Å². The number of hydrogen-bond acceptors (Lipinski definition) is 30. The number of fused-ring (bicyclic) bond motifs is 8. The van der Waals surface area contributed by atoms with Crippen molar-refractivity contribution in [2.45, 2.75) is 390 Å². The van der Waals surface area contributed by atoms with Gasteiger partial charge in [-0.15, -0.1) is 0 Å². The smallest absolute Gasteiger partial charge is 0.308 e. The highest BCUT2D eigenvalue weighted by Crippen LogP contribution is 2.66. The zero-order chi connectivity index (χ0) is 87.1. The van der Waals surface area contributed by atoms with Crippen molar-refractivity contribution in [3.8, 4) is 0 Å². The lowest BCUT2D eigenvalue weighted by atomic mass is 9.58. The van der Waals surface area contributed by atoms with Crippen LogP contribution in [0.5, 0.6) is 0 Å². The van der Waals surface area contributed by atoms with Gasteiger partial charge in [0.05, 0.1) is 44.2 Å². The highest BCUT2D eigenvalue weighted by Gasteiger charge is 2.75. The van der Waals surface area contributed by atoms with E-state index in [1.165, 1.54) is 0 Å². The third-order valence-corrected chi connectivity index (χ3v) is 31.9. The van der Waals surface area contributed by atoms with E-state index in [-0.39, 0.29) is 148 Å². The second-order valence-electron chi connectivity index (χ2n) is 40.1. The van der Waals surface area contributed by atoms with Gasteiger partial charge in [0, 0.05) is 112 Å². The van der Waals surface area contributed by atoms with E-state index in [0.29, 0.717) is 49.4 Å². The molecule has 16 saturated heterocycles. The molecule has 0 aromatic heterocycles. The summed E-state index contributed by atoms with van der Waals surface area (Å²) in [6.07, 6.45) is 2.64. The van der Waals surface area contributed by atoms with E-state index in [1.807, 2.05) is 41.5 Å². The number of Topliss-reactive ketones (excluding diaryl/α,β-unsaturated/α-hetero) is 2. The topological polar surface area (TPSA) is 403 Å². The van der Waals surface area contributed by atoms with Crippen molar-refractivity contribution in [3.05, 3.63) is 0 Å². The molecule has 20 aliphatic rings. The predicted octanol–water partition coefficient (Wildman–Crippen LogP) is 10.2. The van der Waals surface area contributed by atoms with Gasteiger partial charge in [-0.3, -0.25) is 47.9 Å². The summed E-state index contributed by atoms with van der Waals surface area (Å²) in [6, 6.07) is -2.63. The van der Waals surface area contributed by atoms with Gasteiger partial charge in [0.15, 0.2) is 59.1 Å². The molecule has 20 fully saturated rings. The van der Waals surface area contributed by atoms with E-state index < -0.39 is 199 Å². The largest absolute Gasteiger partial charge is 0.435 e. The first kappa shape index (κ1) is 90.8. The van der Waals surface area contributed by atoms with E-state index in [0.717, 1.165) is 77.0 Å². The van der Waals surface area contributed by atoms with Gasteiger partial charge >= 0.3 is 23.9 Å². The number of hydrogen-bond donors (Lipinski definition) is 4. The van der Waals surface area contributed by atoms with E-state index in [1.54, 1.807) is 13.8 Å². The second-order valence-corrected chi connectivity index (χ2v) is 40.1. The molecule has 4 amide bonds. The zero-order valence-corrected chi connectivity index (χ0v) is 73.6. The van der Waals surface area contributed by atoms with Gasteiger partial charge < -0.3 is 78.1 Å². The SMILES string of the molecule is C[C@H]1[C@H](OC(=O)CCC(=O)NCCCCC(NC(=O)CCC(=O)O[C@@H]2O[C@@H]3O[C@]4(C)CC[C@H]5[C@H](C)CC[C@@H]([C@H]2C)[C@@]35OO4)C(=O)CC(=O)C(CCCCNC(=O)CCC(=O)O[C@@H]2O[C@@H]3O[C@]4(C)CC[C@H]5[C@H](C)CC[C@@H]([C@H]2C)[C@@]35OO4)NC(=O)CCC(=O)O[C@@H]2O[C@@H]3O[C@]4(C)CC[C@H]5[C@H](C)CC[C@@H]([C@H]2C)[C@@]35OO4)O[C@@H]2O[C@]3(C)CC[C@H]4[C@H](C)CC[C@@H]1[C@@]24OO3. The van der Waals surface area contributed by atoms with Crippen molar-refractivity contribution in [2.75, 3.05) is 13.1 Å². The molecule has 4 saturated carbocycles. The van der Waals surface area contributed by atoms with E-state index >= 15 is 0 Å². The Balaban J connectivity index is 0.546. The van der Waals surface area contributed by atoms with Gasteiger partial charge in [-0.05, 0) is 191 Å². The molecule has 2 unspecified atom stereocenters. The molecule has 0 aromatic rings. The van der Waals surface area contributed by atoms with Gasteiger partial charge in [-0.1, -0.05) is 55.4 Å². The molecular weight excluding hydrogens is 1600 g/mol. The molecule has 4 spiro atoms. The van der Waals surface area contributed by atoms with Crippen LogP contribution in [0.1, 0.15) is 282 Å². The predicted molar refractivity (Wildman–Crippen MR) is 421 cm³/mol. The quantitative estimate of drug-likeness (QED) is 0.0160. The summed E-state index contributed by atoms with van der Waals surface area (Å²) in [5.41, 5.74) is -3.54. The lowest BCUT2D eigenvalue weighted by molar-refractivity contribution is -0.576. The number of ketones is 2. The van der Waals surface area contributed by atoms with Crippen LogP contribution in [0.15, 0.2) is 0 Å². The van der Waals surface area contributed by atoms with Crippen molar-refractivity contribution in [2.24, 2.45) is 94.7 Å². The van der Waals surface area contributed by atoms with Crippen molar-refractivity contribution < 1.29 is 144 Å². The molecule has 0 radical (unpaired) electrons. The van der Waals surface area contributed by atoms with Crippen LogP contribution < -0.4 is 21.3 Å². The van der Waals surface area contributed by atoms with Crippen LogP contribution in [0, 0.1) is 94.7 Å². The normalized spacial score (nSPS) is 44.8. The third-order valence-electron chi connectivity index (χ3n) is 31.9. The number of nitrogens with one attached hydrogen (secondary N) is 4. The second kappa shape index (κ2) is 36.1. The maximum absolute atomic E-state index is 14.8. The fourth-order valence-corrected chi connectivity index (χ4v) is 24.8. The van der Waals surface area contributed by atoms with Crippen LogP contribution in [0.4, 0.5) is 0 Å². The molecule has 0 aromatic carbocycles. The van der Waals surface area contributed by atoms with Gasteiger partial charge in [0.2, 0.25) is 71.9 Å². The molecule has 34 nitrogen and oxygen atoms in total. The maximum atomic E-state index is 14.8. The first-order chi connectivity index (χ1) is 58.6. The highest BCUT2D eigenvalue weighted by molar-refractivity contribution is 6.05. The number of esters is 4. The Morgan fingerprint density at radius 2 is 0.561 bits per heavy atom. The number of ether oxygens (including phenoxy) is 12. The molecular formula is C89H132N4O30. The molecule has 34 heteroatoms. The van der Waals surface area contributed by atoms with E-state index in [4.69, 9.17) is 95.9 Å². The lowest BCUT2D eigenvalue weighted by Gasteiger charge is -2.59. The van der Waals surface area contributed by atoms with Gasteiger partial charge in [-0.2, -0.15) is 0 Å². The molecule has 123 heavy (non-hydrogen) atoms. The molecule has 4 N–H and O–H groups in total. The van der Waals surface area contributed by atoms with E-state index in [2.05, 4.69) is 49.0 Å². The summed E-state index contributed by atoms with van der Waals surface area (Å²) < 4.78 is 75.5. The Bertz CT molecular complexity index is 3690. The van der Waals surface area contributed by atoms with Crippen LogP contribution in [0.3, 0.4) is 0 Å². The summed E-state index contributed by atoms with van der Waals surface area (Å²) in [5.74, 6) is -10.8. The Morgan fingerprint density at radius 3 is 0.821 bits per heavy atom. The molecule has 16 heterocycles. The van der Waals surface area contributed by atoms with Crippen LogP contribution in [0.25, 0.3) is 0 Å². The van der Waals surface area contributed by atoms with Crippen molar-refractivity contribution in [1.82, 2.24) is 21.3 Å². The standard InChI is InChI=1S/C89H132N4O30/c1-46-19-23-58-50(5)74(108-78-86(58)54(46)35-39-82(9,112-78)116-120-86)104-70(100)31-27-66(96)90-43-15-13-17-62(92-68(98)29-33-72(102)106-76-52(7)60-25-21-48(3)56-37-41-84(11)114-80(110-76)88(56,60)122-118-84)64(94)45-65(95)63(93-69(99)30-34-73(103)107-77-53(8)61-26-22-49(4)57-38-42-85(12)115-81(111-77)89(57,61)123-119-85)18-14-16-44-91-67(97)28-32-71(101)105-75-51(6)59-24-20-47(2)55-36-40-83(10)113-79(109-75)87(55,59)121-117-83/h46-63,74-81H,13-45H2,1-12H3,(H,90,96)(H,91,97)(H,92,98)(H,93,99)/t46-,47-,48-,49-,50-,51-,52-,53-,54+,55+,56+,57+,58+,59+,60+,61+,62?,63?,74-,75-,76-,77-,78-,79-,80-,81-,82+,83+,84+,85+,86-,87-,88-,89-/m1/s1. The summed E-state index contributed by atoms with van der Waals surface area (Å²) >= 11 is 0.